The molecule has 1 aliphatic carbocycles. The lowest BCUT2D eigenvalue weighted by Crippen LogP contribution is -2.31. The van der Waals surface area contributed by atoms with Gasteiger partial charge >= 0.3 is 0 Å². The molecule has 0 unspecified atom stereocenters. The van der Waals surface area contributed by atoms with E-state index in [0.29, 0.717) is 4.88 Å². The number of carbonyl (C=O) groups excluding carboxylic acids is 1. The highest BCUT2D eigenvalue weighted by atomic mass is 32.1. The standard InChI is InChI=1S/C25H20F2N2OS/c26-19-10-6-16(7-11-19)15-18-3-1-4-21-23(18)28-29(25(30)22-5-2-14-31-22)24(21)17-8-12-20(27)13-9-17/h2,5-15,21,24H,1,3-4H2/b18-15+/t21-,24+/m0/s1. The number of allylic oxidation sites excluding steroid dienone is 1. The van der Waals surface area contributed by atoms with Gasteiger partial charge in [0.05, 0.1) is 16.6 Å². The molecule has 1 fully saturated rings. The number of benzene rings is 2. The molecule has 5 rings (SSSR count). The van der Waals surface area contributed by atoms with E-state index in [9.17, 15) is 13.6 Å². The number of halogens is 2. The van der Waals surface area contributed by atoms with Gasteiger partial charge in [-0.2, -0.15) is 5.10 Å². The summed E-state index contributed by atoms with van der Waals surface area (Å²) in [5.41, 5.74) is 3.74. The summed E-state index contributed by atoms with van der Waals surface area (Å²) in [6, 6.07) is 16.1. The summed E-state index contributed by atoms with van der Waals surface area (Å²) in [6.07, 6.45) is 4.75. The molecule has 2 aliphatic rings. The molecule has 0 N–H and O–H groups in total. The number of hydrogen-bond acceptors (Lipinski definition) is 3. The van der Waals surface area contributed by atoms with Crippen LogP contribution in [0.5, 0.6) is 0 Å². The van der Waals surface area contributed by atoms with E-state index in [2.05, 4.69) is 0 Å². The van der Waals surface area contributed by atoms with Crippen molar-refractivity contribution < 1.29 is 13.6 Å². The molecule has 31 heavy (non-hydrogen) atoms. The average molecular weight is 435 g/mol. The van der Waals surface area contributed by atoms with Gasteiger partial charge in [-0.3, -0.25) is 4.79 Å². The van der Waals surface area contributed by atoms with Crippen molar-refractivity contribution in [3.8, 4) is 0 Å². The van der Waals surface area contributed by atoms with E-state index in [1.807, 2.05) is 17.5 Å². The van der Waals surface area contributed by atoms with Gasteiger partial charge in [-0.25, -0.2) is 13.8 Å². The molecule has 6 heteroatoms. The number of amides is 1. The lowest BCUT2D eigenvalue weighted by Gasteiger charge is -2.29. The lowest BCUT2D eigenvalue weighted by atomic mass is 9.77. The fraction of sp³-hybridized carbons (Fsp3) is 0.200. The molecule has 2 heterocycles. The molecule has 1 aliphatic heterocycles. The Labute approximate surface area is 183 Å². The summed E-state index contributed by atoms with van der Waals surface area (Å²) >= 11 is 1.38. The van der Waals surface area contributed by atoms with Crippen LogP contribution in [0.4, 0.5) is 8.78 Å². The SMILES string of the molecule is O=C(c1cccs1)N1N=C2/C(=C/c3ccc(F)cc3)CCC[C@@H]2[C@H]1c1ccc(F)cc1. The summed E-state index contributed by atoms with van der Waals surface area (Å²) in [5, 5.41) is 8.26. The molecule has 0 bridgehead atoms. The van der Waals surface area contributed by atoms with E-state index in [4.69, 9.17) is 5.10 Å². The van der Waals surface area contributed by atoms with Gasteiger partial charge in [-0.15, -0.1) is 11.3 Å². The van der Waals surface area contributed by atoms with Gasteiger partial charge in [0, 0.05) is 5.92 Å². The lowest BCUT2D eigenvalue weighted by molar-refractivity contribution is 0.0686. The van der Waals surface area contributed by atoms with Crippen LogP contribution in [0.15, 0.2) is 76.7 Å². The van der Waals surface area contributed by atoms with Gasteiger partial charge in [0.25, 0.3) is 5.91 Å². The third-order valence-corrected chi connectivity index (χ3v) is 6.72. The van der Waals surface area contributed by atoms with E-state index in [0.717, 1.165) is 41.7 Å². The van der Waals surface area contributed by atoms with Crippen molar-refractivity contribution in [3.63, 3.8) is 0 Å². The first-order valence-corrected chi connectivity index (χ1v) is 11.2. The molecular weight excluding hydrogens is 414 g/mol. The largest absolute Gasteiger partial charge is 0.284 e. The maximum atomic E-state index is 13.6. The van der Waals surface area contributed by atoms with Crippen LogP contribution in [0.2, 0.25) is 0 Å². The molecular formula is C25H20F2N2OS. The summed E-state index contributed by atoms with van der Waals surface area (Å²) in [5.74, 6) is -0.687. The Bertz CT molecular complexity index is 1150. The molecule has 0 radical (unpaired) electrons. The smallest absolute Gasteiger partial charge is 0.266 e. The molecule has 156 valence electrons. The monoisotopic (exact) mass is 434 g/mol. The second kappa shape index (κ2) is 8.19. The number of carbonyl (C=O) groups is 1. The summed E-state index contributed by atoms with van der Waals surface area (Å²) in [6.45, 7) is 0. The molecule has 2 aromatic carbocycles. The number of rotatable bonds is 3. The van der Waals surface area contributed by atoms with Crippen LogP contribution in [0.1, 0.15) is 46.1 Å². The Morgan fingerprint density at radius 1 is 1.03 bits per heavy atom. The fourth-order valence-corrected chi connectivity index (χ4v) is 5.09. The van der Waals surface area contributed by atoms with Crippen LogP contribution in [0.25, 0.3) is 6.08 Å². The van der Waals surface area contributed by atoms with E-state index in [-0.39, 0.29) is 29.5 Å². The minimum Gasteiger partial charge on any atom is -0.266 e. The zero-order valence-corrected chi connectivity index (χ0v) is 17.5. The number of hydrazone groups is 1. The van der Waals surface area contributed by atoms with Crippen molar-refractivity contribution in [1.29, 1.82) is 0 Å². The minimum atomic E-state index is -0.306. The van der Waals surface area contributed by atoms with E-state index < -0.39 is 0 Å². The number of hydrogen-bond donors (Lipinski definition) is 0. The predicted molar refractivity (Wildman–Crippen MR) is 119 cm³/mol. The highest BCUT2D eigenvalue weighted by Gasteiger charge is 2.44. The van der Waals surface area contributed by atoms with E-state index in [1.165, 1.54) is 35.6 Å². The normalized spacial score (nSPS) is 21.8. The highest BCUT2D eigenvalue weighted by molar-refractivity contribution is 7.12. The van der Waals surface area contributed by atoms with Crippen molar-refractivity contribution in [2.75, 3.05) is 0 Å². The Hall–Kier alpha value is -3.12. The Morgan fingerprint density at radius 3 is 2.42 bits per heavy atom. The van der Waals surface area contributed by atoms with Gasteiger partial charge in [0.2, 0.25) is 0 Å². The molecule has 0 saturated heterocycles. The maximum absolute atomic E-state index is 13.6. The minimum absolute atomic E-state index is 0.0369. The zero-order chi connectivity index (χ0) is 21.4. The van der Waals surface area contributed by atoms with Crippen molar-refractivity contribution in [1.82, 2.24) is 5.01 Å². The number of nitrogens with zero attached hydrogens (tertiary/aromatic N) is 2. The molecule has 2 atom stereocenters. The number of fused-ring (bicyclic) bond motifs is 1. The Balaban J connectivity index is 1.57. The fourth-order valence-electron chi connectivity index (χ4n) is 4.43. The average Bonchev–Trinajstić information content (AvgIpc) is 3.44. The van der Waals surface area contributed by atoms with Crippen molar-refractivity contribution >= 4 is 29.0 Å². The third-order valence-electron chi connectivity index (χ3n) is 5.86. The van der Waals surface area contributed by atoms with Crippen LogP contribution in [0.3, 0.4) is 0 Å². The molecule has 1 amide bonds. The van der Waals surface area contributed by atoms with E-state index >= 15 is 0 Å². The first kappa shape index (κ1) is 19.8. The Kier molecular flexibility index (Phi) is 5.24. The van der Waals surface area contributed by atoms with Crippen LogP contribution in [-0.4, -0.2) is 16.6 Å². The van der Waals surface area contributed by atoms with Gasteiger partial charge < -0.3 is 0 Å². The van der Waals surface area contributed by atoms with Crippen molar-refractivity contribution in [2.24, 2.45) is 11.0 Å². The van der Waals surface area contributed by atoms with Crippen LogP contribution in [-0.2, 0) is 0 Å². The summed E-state index contributed by atoms with van der Waals surface area (Å²) < 4.78 is 26.9. The van der Waals surface area contributed by atoms with Gasteiger partial charge in [0.1, 0.15) is 11.6 Å². The third kappa shape index (κ3) is 3.83. The first-order chi connectivity index (χ1) is 15.1. The van der Waals surface area contributed by atoms with Gasteiger partial charge in [0.15, 0.2) is 0 Å². The summed E-state index contributed by atoms with van der Waals surface area (Å²) in [7, 11) is 0. The predicted octanol–water partition coefficient (Wildman–Crippen LogP) is 6.46. The maximum Gasteiger partial charge on any atom is 0.284 e. The molecule has 1 aromatic heterocycles. The van der Waals surface area contributed by atoms with Crippen LogP contribution >= 0.6 is 11.3 Å². The van der Waals surface area contributed by atoms with E-state index in [1.54, 1.807) is 35.3 Å². The quantitative estimate of drug-likeness (QED) is 0.465. The van der Waals surface area contributed by atoms with Gasteiger partial charge in [-0.1, -0.05) is 30.3 Å². The van der Waals surface area contributed by atoms with Crippen molar-refractivity contribution in [2.45, 2.75) is 25.3 Å². The highest BCUT2D eigenvalue weighted by Crippen LogP contribution is 2.45. The second-order valence-corrected chi connectivity index (χ2v) is 8.78. The molecule has 3 aromatic rings. The van der Waals surface area contributed by atoms with Gasteiger partial charge in [-0.05, 0) is 77.8 Å². The zero-order valence-electron chi connectivity index (χ0n) is 16.7. The summed E-state index contributed by atoms with van der Waals surface area (Å²) in [4.78, 5) is 13.9. The first-order valence-electron chi connectivity index (χ1n) is 10.3. The number of thiophene rings is 1. The molecule has 3 nitrogen and oxygen atoms in total. The molecule has 1 saturated carbocycles. The van der Waals surface area contributed by atoms with Crippen LogP contribution < -0.4 is 0 Å². The Morgan fingerprint density at radius 2 is 1.74 bits per heavy atom. The topological polar surface area (TPSA) is 32.7 Å². The van der Waals surface area contributed by atoms with Crippen LogP contribution in [0, 0.1) is 17.6 Å². The van der Waals surface area contributed by atoms with Crippen molar-refractivity contribution in [3.05, 3.63) is 99.3 Å². The second-order valence-electron chi connectivity index (χ2n) is 7.83. The molecule has 0 spiro atoms.